The summed E-state index contributed by atoms with van der Waals surface area (Å²) in [5.41, 5.74) is 1.52. The zero-order valence-electron chi connectivity index (χ0n) is 15.8. The van der Waals surface area contributed by atoms with E-state index in [-0.39, 0.29) is 5.91 Å². The first-order valence-corrected chi connectivity index (χ1v) is 9.56. The molecule has 0 saturated carbocycles. The zero-order valence-corrected chi connectivity index (χ0v) is 16.5. The van der Waals surface area contributed by atoms with Gasteiger partial charge in [0.2, 0.25) is 0 Å². The van der Waals surface area contributed by atoms with E-state index in [1.165, 1.54) is 0 Å². The van der Waals surface area contributed by atoms with Crippen molar-refractivity contribution >= 4 is 17.5 Å². The molecule has 1 saturated heterocycles. The summed E-state index contributed by atoms with van der Waals surface area (Å²) in [4.78, 5) is 17.0. The Morgan fingerprint density at radius 1 is 1.04 bits per heavy atom. The Morgan fingerprint density at radius 2 is 1.74 bits per heavy atom. The standard InChI is InChI=1S/C21H25ClN2O3/c1-3-26-20-9-4-16(21(25)24-12-10-23(2)11-13-24)14-17(20)15-27-19-7-5-18(22)6-8-19/h4-9,14H,3,10-13,15H2,1-2H3. The Morgan fingerprint density at radius 3 is 2.41 bits per heavy atom. The van der Waals surface area contributed by atoms with Crippen molar-refractivity contribution in [2.45, 2.75) is 13.5 Å². The molecule has 1 amide bonds. The third kappa shape index (κ3) is 5.15. The van der Waals surface area contributed by atoms with Crippen LogP contribution in [-0.2, 0) is 6.61 Å². The van der Waals surface area contributed by atoms with Gasteiger partial charge in [-0.3, -0.25) is 4.79 Å². The van der Waals surface area contributed by atoms with Crippen LogP contribution in [0.25, 0.3) is 0 Å². The van der Waals surface area contributed by atoms with E-state index in [2.05, 4.69) is 11.9 Å². The molecule has 1 aliphatic heterocycles. The minimum Gasteiger partial charge on any atom is -0.493 e. The van der Waals surface area contributed by atoms with Crippen LogP contribution in [-0.4, -0.2) is 55.5 Å². The van der Waals surface area contributed by atoms with E-state index in [0.717, 1.165) is 43.2 Å². The van der Waals surface area contributed by atoms with Gasteiger partial charge in [0.1, 0.15) is 18.1 Å². The van der Waals surface area contributed by atoms with Crippen LogP contribution in [0.1, 0.15) is 22.8 Å². The number of piperazine rings is 1. The Kier molecular flexibility index (Phi) is 6.58. The van der Waals surface area contributed by atoms with Gasteiger partial charge in [0.05, 0.1) is 6.61 Å². The summed E-state index contributed by atoms with van der Waals surface area (Å²) in [5.74, 6) is 1.51. The number of halogens is 1. The molecule has 3 rings (SSSR count). The SMILES string of the molecule is CCOc1ccc(C(=O)N2CCN(C)CC2)cc1COc1ccc(Cl)cc1. The molecule has 27 heavy (non-hydrogen) atoms. The van der Waals surface area contributed by atoms with Crippen LogP contribution in [0.15, 0.2) is 42.5 Å². The van der Waals surface area contributed by atoms with Gasteiger partial charge in [-0.25, -0.2) is 0 Å². The number of hydrogen-bond acceptors (Lipinski definition) is 4. The number of rotatable bonds is 6. The minimum atomic E-state index is 0.0545. The van der Waals surface area contributed by atoms with Crippen LogP contribution >= 0.6 is 11.6 Å². The van der Waals surface area contributed by atoms with Crippen LogP contribution in [0, 0.1) is 0 Å². The van der Waals surface area contributed by atoms with Gasteiger partial charge in [-0.05, 0) is 56.4 Å². The van der Waals surface area contributed by atoms with Crippen molar-refractivity contribution in [3.63, 3.8) is 0 Å². The monoisotopic (exact) mass is 388 g/mol. The van der Waals surface area contributed by atoms with Crippen molar-refractivity contribution in [2.75, 3.05) is 39.8 Å². The molecule has 2 aromatic rings. The van der Waals surface area contributed by atoms with Crippen LogP contribution in [0.4, 0.5) is 0 Å². The zero-order chi connectivity index (χ0) is 19.2. The van der Waals surface area contributed by atoms with Crippen LogP contribution in [0.3, 0.4) is 0 Å². The fraction of sp³-hybridized carbons (Fsp3) is 0.381. The van der Waals surface area contributed by atoms with E-state index in [1.807, 2.05) is 42.2 Å². The van der Waals surface area contributed by atoms with Gasteiger partial charge < -0.3 is 19.3 Å². The molecule has 0 atom stereocenters. The van der Waals surface area contributed by atoms with Crippen molar-refractivity contribution in [1.29, 1.82) is 0 Å². The molecule has 0 bridgehead atoms. The lowest BCUT2D eigenvalue weighted by molar-refractivity contribution is 0.0664. The maximum Gasteiger partial charge on any atom is 0.253 e. The fourth-order valence-corrected chi connectivity index (χ4v) is 3.13. The first-order valence-electron chi connectivity index (χ1n) is 9.18. The summed E-state index contributed by atoms with van der Waals surface area (Å²) in [6, 6.07) is 12.8. The Balaban J connectivity index is 1.75. The predicted octanol–water partition coefficient (Wildman–Crippen LogP) is 3.71. The Hall–Kier alpha value is -2.24. The molecule has 2 aromatic carbocycles. The molecule has 1 heterocycles. The number of nitrogens with zero attached hydrogens (tertiary/aromatic N) is 2. The number of ether oxygens (including phenoxy) is 2. The van der Waals surface area contributed by atoms with Crippen molar-refractivity contribution in [1.82, 2.24) is 9.80 Å². The van der Waals surface area contributed by atoms with Crippen molar-refractivity contribution in [2.24, 2.45) is 0 Å². The number of carbonyl (C=O) groups is 1. The third-order valence-electron chi connectivity index (χ3n) is 4.61. The van der Waals surface area contributed by atoms with Gasteiger partial charge >= 0.3 is 0 Å². The number of benzene rings is 2. The second kappa shape index (κ2) is 9.11. The molecule has 0 unspecified atom stereocenters. The highest BCUT2D eigenvalue weighted by molar-refractivity contribution is 6.30. The normalized spacial score (nSPS) is 14.9. The average molecular weight is 389 g/mol. The molecule has 6 heteroatoms. The summed E-state index contributed by atoms with van der Waals surface area (Å²) < 4.78 is 11.6. The van der Waals surface area contributed by atoms with Crippen LogP contribution in [0.5, 0.6) is 11.5 Å². The van der Waals surface area contributed by atoms with Gasteiger partial charge in [-0.1, -0.05) is 11.6 Å². The summed E-state index contributed by atoms with van der Waals surface area (Å²) in [6.07, 6.45) is 0. The minimum absolute atomic E-state index is 0.0545. The third-order valence-corrected chi connectivity index (χ3v) is 4.86. The average Bonchev–Trinajstić information content (AvgIpc) is 2.68. The molecule has 0 radical (unpaired) electrons. The number of hydrogen-bond donors (Lipinski definition) is 0. The maximum atomic E-state index is 12.9. The summed E-state index contributed by atoms with van der Waals surface area (Å²) in [6.45, 7) is 6.11. The Bertz CT molecular complexity index is 771. The smallest absolute Gasteiger partial charge is 0.253 e. The number of carbonyl (C=O) groups excluding carboxylic acids is 1. The second-order valence-corrected chi connectivity index (χ2v) is 7.03. The van der Waals surface area contributed by atoms with E-state index >= 15 is 0 Å². The lowest BCUT2D eigenvalue weighted by Crippen LogP contribution is -2.47. The molecule has 144 valence electrons. The highest BCUT2D eigenvalue weighted by atomic mass is 35.5. The first-order chi connectivity index (χ1) is 13.1. The Labute approximate surface area is 165 Å². The van der Waals surface area contributed by atoms with E-state index in [9.17, 15) is 4.79 Å². The molecule has 0 N–H and O–H groups in total. The van der Waals surface area contributed by atoms with E-state index in [1.54, 1.807) is 12.1 Å². The highest BCUT2D eigenvalue weighted by Gasteiger charge is 2.21. The quantitative estimate of drug-likeness (QED) is 0.756. The molecule has 1 aliphatic rings. The highest BCUT2D eigenvalue weighted by Crippen LogP contribution is 2.24. The van der Waals surface area contributed by atoms with Crippen LogP contribution in [0.2, 0.25) is 5.02 Å². The maximum absolute atomic E-state index is 12.9. The molecule has 5 nitrogen and oxygen atoms in total. The van der Waals surface area contributed by atoms with Crippen molar-refractivity contribution < 1.29 is 14.3 Å². The molecule has 0 aromatic heterocycles. The summed E-state index contributed by atoms with van der Waals surface area (Å²) >= 11 is 5.91. The van der Waals surface area contributed by atoms with Crippen LogP contribution < -0.4 is 9.47 Å². The van der Waals surface area contributed by atoms with Gasteiger partial charge in [-0.15, -0.1) is 0 Å². The number of amides is 1. The topological polar surface area (TPSA) is 42.0 Å². The van der Waals surface area contributed by atoms with Gasteiger partial charge in [-0.2, -0.15) is 0 Å². The summed E-state index contributed by atoms with van der Waals surface area (Å²) in [5, 5.41) is 0.664. The lowest BCUT2D eigenvalue weighted by Gasteiger charge is -2.32. The lowest BCUT2D eigenvalue weighted by atomic mass is 10.1. The summed E-state index contributed by atoms with van der Waals surface area (Å²) in [7, 11) is 2.07. The van der Waals surface area contributed by atoms with E-state index in [4.69, 9.17) is 21.1 Å². The largest absolute Gasteiger partial charge is 0.493 e. The molecular formula is C21H25ClN2O3. The van der Waals surface area contributed by atoms with Crippen molar-refractivity contribution in [3.05, 3.63) is 58.6 Å². The fourth-order valence-electron chi connectivity index (χ4n) is 3.01. The molecule has 0 aliphatic carbocycles. The van der Waals surface area contributed by atoms with E-state index < -0.39 is 0 Å². The molecule has 0 spiro atoms. The van der Waals surface area contributed by atoms with Gasteiger partial charge in [0.15, 0.2) is 0 Å². The molecular weight excluding hydrogens is 364 g/mol. The first kappa shape index (κ1) is 19.5. The van der Waals surface area contributed by atoms with Crippen molar-refractivity contribution in [3.8, 4) is 11.5 Å². The number of likely N-dealkylation sites (N-methyl/N-ethyl adjacent to an activating group) is 1. The second-order valence-electron chi connectivity index (χ2n) is 6.59. The van der Waals surface area contributed by atoms with Gasteiger partial charge in [0.25, 0.3) is 5.91 Å². The molecule has 1 fully saturated rings. The van der Waals surface area contributed by atoms with Gasteiger partial charge in [0, 0.05) is 42.3 Å². The predicted molar refractivity (Wildman–Crippen MR) is 107 cm³/mol. The van der Waals surface area contributed by atoms with E-state index in [0.29, 0.717) is 23.8 Å².